The van der Waals surface area contributed by atoms with Gasteiger partial charge in [0.1, 0.15) is 29.8 Å². The number of hydrogen-bond donors (Lipinski definition) is 6. The van der Waals surface area contributed by atoms with E-state index < -0.39 is 77.1 Å². The standard InChI is InChI=1S/C14H18F2NO13P3/c1-3-4-7-9(10(15)6(2)14(19)17-7)13-11(16)12(18)8(28-13)5-27-32(23,24)30-33(25,26)29-31(20,21)22/h8,11-13,18H,5H2,1-2H3,(H,17,19)(H,23,24)(H,25,26)(H2,20,21,22)/t8-,11+,12?,13+/m1/s1. The molecular formula is C14H18F2NO13P3. The van der Waals surface area contributed by atoms with E-state index in [1.807, 2.05) is 0 Å². The number of aliphatic hydroxyl groups excluding tert-OH is 1. The number of halogens is 2. The molecule has 1 aromatic heterocycles. The van der Waals surface area contributed by atoms with E-state index in [9.17, 15) is 37.3 Å². The van der Waals surface area contributed by atoms with Crippen LogP contribution >= 0.6 is 23.5 Å². The van der Waals surface area contributed by atoms with Crippen molar-refractivity contribution in [1.29, 1.82) is 0 Å². The first kappa shape index (κ1) is 27.9. The van der Waals surface area contributed by atoms with Crippen molar-refractivity contribution < 1.29 is 65.0 Å². The van der Waals surface area contributed by atoms with Gasteiger partial charge in [0.15, 0.2) is 6.17 Å². The van der Waals surface area contributed by atoms with Crippen LogP contribution in [0.2, 0.25) is 0 Å². The topological polar surface area (TPSA) is 222 Å². The van der Waals surface area contributed by atoms with Gasteiger partial charge >= 0.3 is 23.5 Å². The normalized spacial score (nSPS) is 26.8. The van der Waals surface area contributed by atoms with Crippen molar-refractivity contribution in [3.05, 3.63) is 33.0 Å². The molecule has 1 fully saturated rings. The summed E-state index contributed by atoms with van der Waals surface area (Å²) in [6.45, 7) is 1.29. The summed E-state index contributed by atoms with van der Waals surface area (Å²) in [5.41, 5.74) is -2.13. The number of alkyl halides is 1. The molecule has 6 N–H and O–H groups in total. The van der Waals surface area contributed by atoms with E-state index in [0.29, 0.717) is 0 Å². The van der Waals surface area contributed by atoms with Gasteiger partial charge in [-0.05, 0) is 19.8 Å². The summed E-state index contributed by atoms with van der Waals surface area (Å²) in [5.74, 6) is 3.59. The monoisotopic (exact) mass is 539 g/mol. The highest BCUT2D eigenvalue weighted by atomic mass is 31.3. The number of aliphatic hydroxyl groups is 1. The zero-order valence-corrected chi connectivity index (χ0v) is 19.3. The molecular weight excluding hydrogens is 521 g/mol. The second-order valence-electron chi connectivity index (χ2n) is 6.47. The summed E-state index contributed by atoms with van der Waals surface area (Å²) in [6, 6.07) is 0. The first-order chi connectivity index (χ1) is 15.0. The zero-order valence-electron chi connectivity index (χ0n) is 16.6. The predicted octanol–water partition coefficient (Wildman–Crippen LogP) is 0.676. The van der Waals surface area contributed by atoms with Crippen LogP contribution in [-0.2, 0) is 31.6 Å². The van der Waals surface area contributed by atoms with Crippen LogP contribution in [0.1, 0.15) is 29.8 Å². The van der Waals surface area contributed by atoms with Crippen molar-refractivity contribution in [2.45, 2.75) is 38.3 Å². The fourth-order valence-corrected chi connectivity index (χ4v) is 5.77. The third-order valence-corrected chi connectivity index (χ3v) is 7.89. The lowest BCUT2D eigenvalue weighted by atomic mass is 9.99. The number of phosphoric ester groups is 1. The number of H-pyrrole nitrogens is 1. The summed E-state index contributed by atoms with van der Waals surface area (Å²) < 4.78 is 79.7. The van der Waals surface area contributed by atoms with Crippen LogP contribution in [-0.4, -0.2) is 54.7 Å². The van der Waals surface area contributed by atoms with Gasteiger partial charge in [-0.25, -0.2) is 22.5 Å². The van der Waals surface area contributed by atoms with Crippen molar-refractivity contribution in [3.63, 3.8) is 0 Å². The lowest BCUT2D eigenvalue weighted by Gasteiger charge is -2.19. The SMILES string of the molecule is CC#Cc1[nH]c(=O)c(C)c(F)c1[C@@H]1O[C@H](COP(=O)(O)OP(=O)(O)OP(=O)(O)O)C(O)[C@@H]1F. The quantitative estimate of drug-likeness (QED) is 0.198. The smallest absolute Gasteiger partial charge is 0.387 e. The summed E-state index contributed by atoms with van der Waals surface area (Å²) in [7, 11) is -17.0. The highest BCUT2D eigenvalue weighted by Gasteiger charge is 2.48. The van der Waals surface area contributed by atoms with E-state index in [4.69, 9.17) is 19.4 Å². The lowest BCUT2D eigenvalue weighted by Crippen LogP contribution is -2.31. The second kappa shape index (κ2) is 10.1. The average molecular weight is 539 g/mol. The first-order valence-electron chi connectivity index (χ1n) is 8.59. The Morgan fingerprint density at radius 1 is 1.15 bits per heavy atom. The van der Waals surface area contributed by atoms with Gasteiger partial charge in [-0.2, -0.15) is 8.62 Å². The fourth-order valence-electron chi connectivity index (χ4n) is 2.74. The molecule has 1 aliphatic heterocycles. The Bertz CT molecular complexity index is 1170. The average Bonchev–Trinajstić information content (AvgIpc) is 2.90. The molecule has 0 spiro atoms. The zero-order chi connectivity index (χ0) is 25.4. The van der Waals surface area contributed by atoms with Crippen molar-refractivity contribution in [3.8, 4) is 11.8 Å². The molecule has 0 saturated carbocycles. The van der Waals surface area contributed by atoms with Gasteiger partial charge in [0, 0.05) is 0 Å². The highest BCUT2D eigenvalue weighted by molar-refractivity contribution is 7.66. The van der Waals surface area contributed by atoms with Gasteiger partial charge < -0.3 is 34.4 Å². The third-order valence-electron chi connectivity index (χ3n) is 4.08. The fraction of sp³-hybridized carbons (Fsp3) is 0.500. The van der Waals surface area contributed by atoms with E-state index in [2.05, 4.69) is 30.0 Å². The number of phosphoric acid groups is 3. The Hall–Kier alpha value is -1.30. The van der Waals surface area contributed by atoms with Gasteiger partial charge in [0.25, 0.3) is 5.56 Å². The summed E-state index contributed by atoms with van der Waals surface area (Å²) >= 11 is 0. The molecule has 1 aromatic rings. The number of ether oxygens (including phenoxy) is 1. The van der Waals surface area contributed by atoms with Crippen LogP contribution in [0.25, 0.3) is 0 Å². The predicted molar refractivity (Wildman–Crippen MR) is 103 cm³/mol. The molecule has 3 unspecified atom stereocenters. The molecule has 19 heteroatoms. The Morgan fingerprint density at radius 3 is 2.30 bits per heavy atom. The Balaban J connectivity index is 2.22. The minimum atomic E-state index is -5.79. The number of pyridine rings is 1. The van der Waals surface area contributed by atoms with Crippen LogP contribution < -0.4 is 5.56 Å². The van der Waals surface area contributed by atoms with Crippen molar-refractivity contribution >= 4 is 23.5 Å². The largest absolute Gasteiger partial charge is 0.490 e. The number of rotatable bonds is 8. The van der Waals surface area contributed by atoms with Crippen molar-refractivity contribution in [2.24, 2.45) is 0 Å². The van der Waals surface area contributed by atoms with Crippen LogP contribution in [0.15, 0.2) is 4.79 Å². The van der Waals surface area contributed by atoms with Gasteiger partial charge in [-0.1, -0.05) is 5.92 Å². The summed E-state index contributed by atoms with van der Waals surface area (Å²) in [6.07, 6.45) is -8.02. The minimum absolute atomic E-state index is 0.334. The second-order valence-corrected chi connectivity index (χ2v) is 10.9. The maximum absolute atomic E-state index is 14.7. The molecule has 1 saturated heterocycles. The molecule has 14 nitrogen and oxygen atoms in total. The highest BCUT2D eigenvalue weighted by Crippen LogP contribution is 2.66. The van der Waals surface area contributed by atoms with Crippen molar-refractivity contribution in [1.82, 2.24) is 4.98 Å². The third kappa shape index (κ3) is 7.10. The molecule has 0 bridgehead atoms. The van der Waals surface area contributed by atoms with E-state index in [0.717, 1.165) is 6.92 Å². The molecule has 6 atom stereocenters. The molecule has 0 aliphatic carbocycles. The molecule has 2 rings (SSSR count). The lowest BCUT2D eigenvalue weighted by molar-refractivity contribution is -0.0231. The Kier molecular flexibility index (Phi) is 8.58. The maximum Gasteiger partial charge on any atom is 0.490 e. The van der Waals surface area contributed by atoms with E-state index in [1.54, 1.807) is 0 Å². The van der Waals surface area contributed by atoms with Gasteiger partial charge in [0.05, 0.1) is 17.7 Å². The molecule has 186 valence electrons. The summed E-state index contributed by atoms with van der Waals surface area (Å²) in [5, 5.41) is 10.1. The first-order valence-corrected chi connectivity index (χ1v) is 13.1. The number of hydrogen-bond acceptors (Lipinski definition) is 9. The van der Waals surface area contributed by atoms with E-state index in [-0.39, 0.29) is 5.69 Å². The van der Waals surface area contributed by atoms with Crippen LogP contribution in [0, 0.1) is 24.6 Å². The minimum Gasteiger partial charge on any atom is -0.387 e. The van der Waals surface area contributed by atoms with Gasteiger partial charge in [-0.15, -0.1) is 0 Å². The van der Waals surface area contributed by atoms with Gasteiger partial charge in [0.2, 0.25) is 0 Å². The molecule has 1 aliphatic rings. The molecule has 0 aromatic carbocycles. The molecule has 33 heavy (non-hydrogen) atoms. The van der Waals surface area contributed by atoms with E-state index >= 15 is 0 Å². The van der Waals surface area contributed by atoms with Crippen LogP contribution in [0.3, 0.4) is 0 Å². The van der Waals surface area contributed by atoms with Crippen LogP contribution in [0.4, 0.5) is 8.78 Å². The van der Waals surface area contributed by atoms with E-state index in [1.165, 1.54) is 6.92 Å². The molecule has 0 amide bonds. The number of aromatic amines is 1. The van der Waals surface area contributed by atoms with Gasteiger partial charge in [-0.3, -0.25) is 9.32 Å². The van der Waals surface area contributed by atoms with Crippen LogP contribution in [0.5, 0.6) is 0 Å². The van der Waals surface area contributed by atoms with Crippen molar-refractivity contribution in [2.75, 3.05) is 6.61 Å². The molecule has 2 heterocycles. The number of aromatic nitrogens is 1. The molecule has 0 radical (unpaired) electrons. The summed E-state index contributed by atoms with van der Waals surface area (Å²) in [4.78, 5) is 49.6. The Labute approximate surface area is 183 Å². The Morgan fingerprint density at radius 2 is 1.76 bits per heavy atom. The maximum atomic E-state index is 14.7. The number of nitrogens with one attached hydrogen (secondary N) is 1.